The molecule has 1 aliphatic heterocycles. The summed E-state index contributed by atoms with van der Waals surface area (Å²) in [6, 6.07) is 3.49. The highest BCUT2D eigenvalue weighted by molar-refractivity contribution is 6.08. The van der Waals surface area contributed by atoms with Crippen molar-refractivity contribution in [1.29, 1.82) is 0 Å². The van der Waals surface area contributed by atoms with Crippen LogP contribution in [-0.4, -0.2) is 64.9 Å². The van der Waals surface area contributed by atoms with Crippen molar-refractivity contribution < 1.29 is 14.4 Å². The number of nitrogens with zero attached hydrogens (tertiary/aromatic N) is 4. The van der Waals surface area contributed by atoms with E-state index in [0.717, 1.165) is 48.6 Å². The number of amides is 4. The van der Waals surface area contributed by atoms with E-state index in [4.69, 9.17) is 0 Å². The largest absolute Gasteiger partial charge is 0.357 e. The van der Waals surface area contributed by atoms with E-state index in [2.05, 4.69) is 29.0 Å². The molecule has 1 spiro atoms. The topological polar surface area (TPSA) is 85.9 Å². The number of carbonyl (C=O) groups is 3. The second kappa shape index (κ2) is 8.80. The molecule has 29 heavy (non-hydrogen) atoms. The third-order valence-electron chi connectivity index (χ3n) is 6.17. The Balaban J connectivity index is 1.57. The normalized spacial score (nSPS) is 18.4. The van der Waals surface area contributed by atoms with Gasteiger partial charge < -0.3 is 15.1 Å². The van der Waals surface area contributed by atoms with Crippen LogP contribution in [0.2, 0.25) is 0 Å². The number of urea groups is 1. The van der Waals surface area contributed by atoms with Crippen LogP contribution in [0.3, 0.4) is 0 Å². The minimum absolute atomic E-state index is 0.231. The average Bonchev–Trinajstić information content (AvgIpc) is 2.91. The minimum atomic E-state index is -0.750. The maximum absolute atomic E-state index is 12.9. The van der Waals surface area contributed by atoms with Gasteiger partial charge in [0.05, 0.1) is 0 Å². The molecular formula is C21H31N5O3. The monoisotopic (exact) mass is 401 g/mol. The second-order valence-electron chi connectivity index (χ2n) is 7.80. The van der Waals surface area contributed by atoms with Gasteiger partial charge in [-0.1, -0.05) is 25.3 Å². The lowest BCUT2D eigenvalue weighted by Crippen LogP contribution is -2.49. The molecule has 1 aromatic rings. The molecule has 4 amide bonds. The number of pyridine rings is 1. The van der Waals surface area contributed by atoms with Crippen LogP contribution in [0.5, 0.6) is 0 Å². The van der Waals surface area contributed by atoms with Crippen molar-refractivity contribution in [2.75, 3.05) is 31.6 Å². The second-order valence-corrected chi connectivity index (χ2v) is 7.80. The highest BCUT2D eigenvalue weighted by Gasteiger charge is 2.55. The van der Waals surface area contributed by atoms with Crippen LogP contribution >= 0.6 is 0 Å². The highest BCUT2D eigenvalue weighted by atomic mass is 16.2. The molecule has 0 bridgehead atoms. The number of anilines is 1. The first-order valence-electron chi connectivity index (χ1n) is 10.5. The Hall–Kier alpha value is -2.64. The third-order valence-corrected chi connectivity index (χ3v) is 6.17. The Morgan fingerprint density at radius 2 is 1.86 bits per heavy atom. The van der Waals surface area contributed by atoms with Gasteiger partial charge in [-0.25, -0.2) is 9.78 Å². The zero-order chi connectivity index (χ0) is 21.0. The summed E-state index contributed by atoms with van der Waals surface area (Å²) in [5.41, 5.74) is 0.119. The fraction of sp³-hybridized carbons (Fsp3) is 0.619. The fourth-order valence-electron chi connectivity index (χ4n) is 4.33. The van der Waals surface area contributed by atoms with Crippen LogP contribution in [0, 0.1) is 0 Å². The summed E-state index contributed by atoms with van der Waals surface area (Å²) in [6.45, 7) is 5.99. The first-order chi connectivity index (χ1) is 13.9. The van der Waals surface area contributed by atoms with Crippen LogP contribution in [0.25, 0.3) is 0 Å². The average molecular weight is 402 g/mol. The number of hydrogen-bond acceptors (Lipinski definition) is 5. The van der Waals surface area contributed by atoms with Gasteiger partial charge in [0.1, 0.15) is 17.9 Å². The van der Waals surface area contributed by atoms with Gasteiger partial charge in [0.25, 0.3) is 5.91 Å². The van der Waals surface area contributed by atoms with Crippen LogP contribution in [-0.2, 0) is 16.1 Å². The predicted molar refractivity (Wildman–Crippen MR) is 110 cm³/mol. The van der Waals surface area contributed by atoms with Crippen molar-refractivity contribution in [2.45, 2.75) is 58.0 Å². The summed E-state index contributed by atoms with van der Waals surface area (Å²) < 4.78 is 0. The summed E-state index contributed by atoms with van der Waals surface area (Å²) in [5, 5.41) is 2.79. The van der Waals surface area contributed by atoms with E-state index in [-0.39, 0.29) is 24.4 Å². The van der Waals surface area contributed by atoms with Gasteiger partial charge in [-0.3, -0.25) is 14.5 Å². The molecule has 8 heteroatoms. The van der Waals surface area contributed by atoms with Crippen LogP contribution in [0.1, 0.15) is 51.5 Å². The van der Waals surface area contributed by atoms with E-state index in [1.807, 2.05) is 12.1 Å². The molecule has 1 aromatic heterocycles. The molecule has 0 unspecified atom stereocenters. The van der Waals surface area contributed by atoms with Crippen molar-refractivity contribution in [1.82, 2.24) is 20.1 Å². The number of nitrogens with one attached hydrogen (secondary N) is 1. The quantitative estimate of drug-likeness (QED) is 0.708. The van der Waals surface area contributed by atoms with Crippen molar-refractivity contribution in [3.63, 3.8) is 0 Å². The Labute approximate surface area is 172 Å². The maximum Gasteiger partial charge on any atom is 0.327 e. The lowest BCUT2D eigenvalue weighted by molar-refractivity contribution is -0.137. The van der Waals surface area contributed by atoms with Crippen molar-refractivity contribution in [3.8, 4) is 0 Å². The zero-order valence-corrected chi connectivity index (χ0v) is 17.6. The van der Waals surface area contributed by atoms with Gasteiger partial charge in [-0.05, 0) is 38.3 Å². The number of imide groups is 1. The highest BCUT2D eigenvalue weighted by Crippen LogP contribution is 2.39. The van der Waals surface area contributed by atoms with Gasteiger partial charge >= 0.3 is 6.03 Å². The fourth-order valence-corrected chi connectivity index (χ4v) is 4.33. The summed E-state index contributed by atoms with van der Waals surface area (Å²) in [7, 11) is 1.67. The molecule has 158 valence electrons. The van der Waals surface area contributed by atoms with E-state index >= 15 is 0 Å². The molecule has 0 atom stereocenters. The Morgan fingerprint density at radius 3 is 2.45 bits per heavy atom. The number of carbonyl (C=O) groups excluding carboxylic acids is 3. The van der Waals surface area contributed by atoms with E-state index in [1.54, 1.807) is 13.2 Å². The van der Waals surface area contributed by atoms with Crippen molar-refractivity contribution in [3.05, 3.63) is 23.9 Å². The Morgan fingerprint density at radius 1 is 1.17 bits per heavy atom. The van der Waals surface area contributed by atoms with Crippen LogP contribution in [0.4, 0.5) is 10.6 Å². The van der Waals surface area contributed by atoms with E-state index in [9.17, 15) is 14.4 Å². The smallest absolute Gasteiger partial charge is 0.327 e. The summed E-state index contributed by atoms with van der Waals surface area (Å²) in [4.78, 5) is 47.2. The molecule has 0 radical (unpaired) electrons. The molecule has 1 aliphatic carbocycles. The number of aromatic nitrogens is 1. The summed E-state index contributed by atoms with van der Waals surface area (Å²) >= 11 is 0. The Kier molecular flexibility index (Phi) is 6.39. The van der Waals surface area contributed by atoms with E-state index in [0.29, 0.717) is 19.4 Å². The number of rotatable bonds is 7. The van der Waals surface area contributed by atoms with Crippen molar-refractivity contribution in [2.24, 2.45) is 0 Å². The molecule has 1 saturated heterocycles. The first kappa shape index (κ1) is 21.1. The van der Waals surface area contributed by atoms with Gasteiger partial charge in [0.2, 0.25) is 5.91 Å². The summed E-state index contributed by atoms with van der Waals surface area (Å²) in [5.74, 6) is 0.324. The minimum Gasteiger partial charge on any atom is -0.357 e. The zero-order valence-electron chi connectivity index (χ0n) is 17.6. The molecule has 1 saturated carbocycles. The number of hydrogen-bond donors (Lipinski definition) is 1. The maximum atomic E-state index is 12.9. The lowest BCUT2D eigenvalue weighted by atomic mass is 9.81. The molecule has 2 fully saturated rings. The molecular weight excluding hydrogens is 370 g/mol. The van der Waals surface area contributed by atoms with Gasteiger partial charge in [-0.15, -0.1) is 0 Å². The lowest BCUT2D eigenvalue weighted by Gasteiger charge is -2.35. The SMILES string of the molecule is CCN(CC)c1ccc(CNC(=O)CN2C(=O)N(C)C3(CCCCC3)C2=O)cn1. The predicted octanol–water partition coefficient (Wildman–Crippen LogP) is 2.14. The molecule has 2 heterocycles. The van der Waals surface area contributed by atoms with Crippen LogP contribution in [0.15, 0.2) is 18.3 Å². The van der Waals surface area contributed by atoms with E-state index < -0.39 is 5.54 Å². The molecule has 0 aromatic carbocycles. The summed E-state index contributed by atoms with van der Waals surface area (Å²) in [6.07, 6.45) is 6.04. The van der Waals surface area contributed by atoms with Crippen LogP contribution < -0.4 is 10.2 Å². The number of likely N-dealkylation sites (N-methyl/N-ethyl adjacent to an activating group) is 1. The first-order valence-corrected chi connectivity index (χ1v) is 10.5. The third kappa shape index (κ3) is 4.06. The Bertz CT molecular complexity index is 754. The standard InChI is InChI=1S/C21H31N5O3/c1-4-25(5-2)17-10-9-16(13-22-17)14-23-18(27)15-26-19(28)21(24(3)20(26)29)11-7-6-8-12-21/h9-10,13H,4-8,11-12,14-15H2,1-3H3,(H,23,27). The molecule has 8 nitrogen and oxygen atoms in total. The molecule has 1 N–H and O–H groups in total. The van der Waals surface area contributed by atoms with Gasteiger partial charge in [-0.2, -0.15) is 0 Å². The van der Waals surface area contributed by atoms with E-state index in [1.165, 1.54) is 4.90 Å². The molecule has 2 aliphatic rings. The van der Waals surface area contributed by atoms with Crippen molar-refractivity contribution >= 4 is 23.7 Å². The van der Waals surface area contributed by atoms with Gasteiger partial charge in [0, 0.05) is 32.9 Å². The molecule has 3 rings (SSSR count). The van der Waals surface area contributed by atoms with Gasteiger partial charge in [0.15, 0.2) is 0 Å².